The van der Waals surface area contributed by atoms with Crippen LogP contribution in [0.2, 0.25) is 0 Å². The van der Waals surface area contributed by atoms with Gasteiger partial charge in [0.25, 0.3) is 0 Å². The molecular formula is C14H25N3O2S. The molecule has 1 rings (SSSR count). The first kappa shape index (κ1) is 16.9. The lowest BCUT2D eigenvalue weighted by Crippen LogP contribution is -2.41. The smallest absolute Gasteiger partial charge is 0.323 e. The van der Waals surface area contributed by atoms with E-state index in [0.717, 1.165) is 11.3 Å². The largest absolute Gasteiger partial charge is 0.396 e. The number of amides is 2. The van der Waals surface area contributed by atoms with Gasteiger partial charge in [-0.1, -0.05) is 27.7 Å². The molecule has 0 aliphatic rings. The molecule has 2 amide bonds. The number of aliphatic hydroxyl groups is 1. The van der Waals surface area contributed by atoms with Gasteiger partial charge in [-0.3, -0.25) is 5.32 Å². The summed E-state index contributed by atoms with van der Waals surface area (Å²) in [5.41, 5.74) is 0.0181. The molecule has 0 aromatic carbocycles. The quantitative estimate of drug-likeness (QED) is 0.848. The number of nitrogens with one attached hydrogen (secondary N) is 1. The fourth-order valence-corrected chi connectivity index (χ4v) is 2.53. The van der Waals surface area contributed by atoms with Gasteiger partial charge in [-0.25, -0.2) is 9.78 Å². The third-order valence-corrected chi connectivity index (χ3v) is 3.71. The van der Waals surface area contributed by atoms with Crippen LogP contribution in [-0.2, 0) is 6.42 Å². The Morgan fingerprint density at radius 1 is 1.50 bits per heavy atom. The molecule has 0 bridgehead atoms. The third kappa shape index (κ3) is 5.88. The Hall–Kier alpha value is -1.14. The van der Waals surface area contributed by atoms with Crippen molar-refractivity contribution in [1.29, 1.82) is 0 Å². The fraction of sp³-hybridized carbons (Fsp3) is 0.714. The van der Waals surface area contributed by atoms with E-state index >= 15 is 0 Å². The number of nitrogens with zero attached hydrogens (tertiary/aromatic N) is 2. The van der Waals surface area contributed by atoms with Crippen LogP contribution in [0.25, 0.3) is 0 Å². The second-order valence-corrected chi connectivity index (χ2v) is 7.09. The van der Waals surface area contributed by atoms with Crippen LogP contribution >= 0.6 is 11.3 Å². The molecule has 0 unspecified atom stereocenters. The van der Waals surface area contributed by atoms with E-state index in [1.165, 1.54) is 11.3 Å². The molecule has 114 valence electrons. The van der Waals surface area contributed by atoms with E-state index < -0.39 is 0 Å². The van der Waals surface area contributed by atoms with Crippen molar-refractivity contribution in [3.63, 3.8) is 0 Å². The van der Waals surface area contributed by atoms with Crippen molar-refractivity contribution >= 4 is 22.5 Å². The summed E-state index contributed by atoms with van der Waals surface area (Å²) in [7, 11) is 0. The summed E-state index contributed by atoms with van der Waals surface area (Å²) in [6.45, 7) is 9.61. The second-order valence-electron chi connectivity index (χ2n) is 5.97. The summed E-state index contributed by atoms with van der Waals surface area (Å²) in [5.74, 6) is 0. The van der Waals surface area contributed by atoms with Gasteiger partial charge >= 0.3 is 6.03 Å². The standard InChI is InChI=1S/C14H25N3O2S/c1-5-11-9-15-12(20-11)16-13(19)17(7-6-8-18)10-14(2,3)4/h9,18H,5-8,10H2,1-4H3,(H,15,16,19). The molecule has 0 saturated heterocycles. The maximum atomic E-state index is 12.3. The van der Waals surface area contributed by atoms with Gasteiger partial charge in [0, 0.05) is 30.8 Å². The number of anilines is 1. The van der Waals surface area contributed by atoms with E-state index in [1.54, 1.807) is 11.1 Å². The molecule has 5 nitrogen and oxygen atoms in total. The molecule has 0 saturated carbocycles. The van der Waals surface area contributed by atoms with Crippen molar-refractivity contribution in [3.8, 4) is 0 Å². The van der Waals surface area contributed by atoms with Crippen LogP contribution in [0.15, 0.2) is 6.20 Å². The van der Waals surface area contributed by atoms with Gasteiger partial charge in [0.15, 0.2) is 5.13 Å². The van der Waals surface area contributed by atoms with E-state index in [2.05, 4.69) is 38.0 Å². The number of carbonyl (C=O) groups excluding carboxylic acids is 1. The Labute approximate surface area is 125 Å². The summed E-state index contributed by atoms with van der Waals surface area (Å²) in [4.78, 5) is 19.4. The zero-order valence-electron chi connectivity index (χ0n) is 12.8. The summed E-state index contributed by atoms with van der Waals surface area (Å²) >= 11 is 1.50. The molecule has 0 aliphatic carbocycles. The highest BCUT2D eigenvalue weighted by Gasteiger charge is 2.21. The second kappa shape index (κ2) is 7.59. The summed E-state index contributed by atoms with van der Waals surface area (Å²) in [6, 6.07) is -0.148. The first-order chi connectivity index (χ1) is 9.35. The molecule has 0 spiro atoms. The van der Waals surface area contributed by atoms with Gasteiger partial charge in [0.05, 0.1) is 0 Å². The zero-order chi connectivity index (χ0) is 15.2. The maximum absolute atomic E-state index is 12.3. The molecule has 0 atom stereocenters. The first-order valence-corrected chi connectivity index (χ1v) is 7.79. The normalized spacial score (nSPS) is 11.4. The SMILES string of the molecule is CCc1cnc(NC(=O)N(CCCO)CC(C)(C)C)s1. The molecule has 0 fully saturated rings. The lowest BCUT2D eigenvalue weighted by molar-refractivity contribution is 0.176. The van der Waals surface area contributed by atoms with E-state index in [9.17, 15) is 4.79 Å². The van der Waals surface area contributed by atoms with Crippen LogP contribution in [0.1, 0.15) is 39.0 Å². The number of urea groups is 1. The lowest BCUT2D eigenvalue weighted by Gasteiger charge is -2.29. The molecule has 1 aromatic rings. The predicted octanol–water partition coefficient (Wildman–Crippen LogP) is 2.97. The molecule has 2 N–H and O–H groups in total. The Morgan fingerprint density at radius 3 is 2.70 bits per heavy atom. The van der Waals surface area contributed by atoms with Crippen molar-refractivity contribution in [2.24, 2.45) is 5.41 Å². The maximum Gasteiger partial charge on any atom is 0.323 e. The van der Waals surface area contributed by atoms with Gasteiger partial charge in [-0.15, -0.1) is 11.3 Å². The number of rotatable bonds is 6. The molecule has 20 heavy (non-hydrogen) atoms. The van der Waals surface area contributed by atoms with Crippen LogP contribution in [0.4, 0.5) is 9.93 Å². The van der Waals surface area contributed by atoms with Gasteiger partial charge in [0.2, 0.25) is 0 Å². The Bertz CT molecular complexity index is 426. The Balaban J connectivity index is 2.66. The highest BCUT2D eigenvalue weighted by Crippen LogP contribution is 2.20. The van der Waals surface area contributed by atoms with E-state index in [4.69, 9.17) is 5.11 Å². The monoisotopic (exact) mass is 299 g/mol. The van der Waals surface area contributed by atoms with Crippen molar-refractivity contribution in [2.75, 3.05) is 25.0 Å². The van der Waals surface area contributed by atoms with Crippen LogP contribution in [-0.4, -0.2) is 40.7 Å². The molecule has 1 aromatic heterocycles. The minimum Gasteiger partial charge on any atom is -0.396 e. The number of aryl methyl sites for hydroxylation is 1. The molecular weight excluding hydrogens is 274 g/mol. The van der Waals surface area contributed by atoms with Crippen molar-refractivity contribution < 1.29 is 9.90 Å². The average molecular weight is 299 g/mol. The van der Waals surface area contributed by atoms with E-state index in [-0.39, 0.29) is 18.1 Å². The Morgan fingerprint density at radius 2 is 2.20 bits per heavy atom. The average Bonchev–Trinajstić information content (AvgIpc) is 2.80. The van der Waals surface area contributed by atoms with Crippen LogP contribution in [0.5, 0.6) is 0 Å². The Kier molecular flexibility index (Phi) is 6.42. The number of aliphatic hydroxyl groups excluding tert-OH is 1. The minimum absolute atomic E-state index is 0.0181. The van der Waals surface area contributed by atoms with Gasteiger partial charge in [0.1, 0.15) is 0 Å². The minimum atomic E-state index is -0.148. The highest BCUT2D eigenvalue weighted by atomic mass is 32.1. The van der Waals surface area contributed by atoms with Crippen LogP contribution < -0.4 is 5.32 Å². The number of aromatic nitrogens is 1. The first-order valence-electron chi connectivity index (χ1n) is 6.97. The van der Waals surface area contributed by atoms with Crippen molar-refractivity contribution in [2.45, 2.75) is 40.5 Å². The van der Waals surface area contributed by atoms with Crippen LogP contribution in [0, 0.1) is 5.41 Å². The molecule has 6 heteroatoms. The fourth-order valence-electron chi connectivity index (χ4n) is 1.79. The summed E-state index contributed by atoms with van der Waals surface area (Å²) in [6.07, 6.45) is 3.30. The van der Waals surface area contributed by atoms with E-state index in [1.807, 2.05) is 0 Å². The van der Waals surface area contributed by atoms with Gasteiger partial charge < -0.3 is 10.0 Å². The topological polar surface area (TPSA) is 65.5 Å². The van der Waals surface area contributed by atoms with Gasteiger partial charge in [-0.05, 0) is 18.3 Å². The number of thiazole rings is 1. The third-order valence-electron chi connectivity index (χ3n) is 2.65. The van der Waals surface area contributed by atoms with E-state index in [0.29, 0.717) is 24.6 Å². The zero-order valence-corrected chi connectivity index (χ0v) is 13.6. The highest BCUT2D eigenvalue weighted by molar-refractivity contribution is 7.15. The molecule has 0 radical (unpaired) electrons. The van der Waals surface area contributed by atoms with Gasteiger partial charge in [-0.2, -0.15) is 0 Å². The van der Waals surface area contributed by atoms with Crippen LogP contribution in [0.3, 0.4) is 0 Å². The summed E-state index contributed by atoms with van der Waals surface area (Å²) in [5, 5.41) is 12.4. The number of carbonyl (C=O) groups is 1. The lowest BCUT2D eigenvalue weighted by atomic mass is 9.96. The van der Waals surface area contributed by atoms with Crippen molar-refractivity contribution in [3.05, 3.63) is 11.1 Å². The number of hydrogen-bond donors (Lipinski definition) is 2. The molecule has 0 aliphatic heterocycles. The predicted molar refractivity (Wildman–Crippen MR) is 83.2 cm³/mol. The number of hydrogen-bond acceptors (Lipinski definition) is 4. The van der Waals surface area contributed by atoms with Crippen molar-refractivity contribution in [1.82, 2.24) is 9.88 Å². The summed E-state index contributed by atoms with van der Waals surface area (Å²) < 4.78 is 0. The molecule has 1 heterocycles.